The van der Waals surface area contributed by atoms with Crippen LogP contribution in [0.25, 0.3) is 0 Å². The third-order valence-electron chi connectivity index (χ3n) is 6.82. The molecule has 8 nitrogen and oxygen atoms in total. The average Bonchev–Trinajstić information content (AvgIpc) is 3.13. The van der Waals surface area contributed by atoms with Gasteiger partial charge in [0, 0.05) is 24.2 Å². The SMILES string of the molecule is CC(=O)c1ccc(CCS(=O)(=O)N2CCC3(CC2)N=C(c2cc(O)cc(C(F)(F)F)c2)NC3=O)c(C)c1. The summed E-state index contributed by atoms with van der Waals surface area (Å²) in [7, 11) is -3.65. The number of aliphatic imine (C=N–C) groups is 1. The summed E-state index contributed by atoms with van der Waals surface area (Å²) in [6, 6.07) is 7.60. The molecule has 4 rings (SSSR count). The molecule has 12 heteroatoms. The molecule has 198 valence electrons. The van der Waals surface area contributed by atoms with E-state index in [-0.39, 0.29) is 55.3 Å². The van der Waals surface area contributed by atoms with E-state index in [1.807, 2.05) is 6.92 Å². The second-order valence-electron chi connectivity index (χ2n) is 9.37. The number of rotatable bonds is 6. The minimum absolute atomic E-state index is 0.0304. The number of benzene rings is 2. The number of alkyl halides is 3. The molecular formula is C25H26F3N3O5S. The van der Waals surface area contributed by atoms with Crippen molar-refractivity contribution >= 4 is 27.5 Å². The van der Waals surface area contributed by atoms with Gasteiger partial charge in [0.25, 0.3) is 5.91 Å². The first-order valence-electron chi connectivity index (χ1n) is 11.6. The predicted octanol–water partition coefficient (Wildman–Crippen LogP) is 3.21. The fourth-order valence-corrected chi connectivity index (χ4v) is 6.08. The highest BCUT2D eigenvalue weighted by molar-refractivity contribution is 7.89. The molecule has 2 aromatic rings. The lowest BCUT2D eigenvalue weighted by atomic mass is 9.89. The van der Waals surface area contributed by atoms with E-state index in [2.05, 4.69) is 10.3 Å². The van der Waals surface area contributed by atoms with Crippen molar-refractivity contribution in [1.29, 1.82) is 0 Å². The van der Waals surface area contributed by atoms with Crippen LogP contribution in [0.5, 0.6) is 5.75 Å². The number of nitrogens with one attached hydrogen (secondary N) is 1. The molecule has 1 amide bonds. The number of Topliss-reactive ketones (excluding diaryl/α,β-unsaturated/α-hetero) is 1. The third-order valence-corrected chi connectivity index (χ3v) is 8.69. The van der Waals surface area contributed by atoms with Crippen LogP contribution in [0, 0.1) is 6.92 Å². The molecule has 0 aliphatic carbocycles. The van der Waals surface area contributed by atoms with Crippen molar-refractivity contribution in [3.8, 4) is 5.75 Å². The Morgan fingerprint density at radius 3 is 2.43 bits per heavy atom. The summed E-state index contributed by atoms with van der Waals surface area (Å²) >= 11 is 0. The van der Waals surface area contributed by atoms with E-state index in [1.54, 1.807) is 18.2 Å². The van der Waals surface area contributed by atoms with Crippen LogP contribution in [-0.4, -0.2) is 59.7 Å². The topological polar surface area (TPSA) is 116 Å². The summed E-state index contributed by atoms with van der Waals surface area (Å²) in [5.41, 5.74) is -0.252. The Morgan fingerprint density at radius 1 is 1.16 bits per heavy atom. The van der Waals surface area contributed by atoms with Crippen LogP contribution < -0.4 is 5.32 Å². The standard InChI is InChI=1S/C25H26F3N3O5S/c1-15-11-18(16(2)32)4-3-17(15)5-10-37(35,36)31-8-6-24(7-9-31)23(34)29-22(30-24)19-12-20(25(26,27)28)14-21(33)13-19/h3-4,11-14,33H,5-10H2,1-2H3,(H,29,30,34). The van der Waals surface area contributed by atoms with Gasteiger partial charge in [-0.2, -0.15) is 13.2 Å². The maximum absolute atomic E-state index is 13.1. The molecule has 2 aliphatic rings. The molecule has 0 radical (unpaired) electrons. The Labute approximate surface area is 212 Å². The van der Waals surface area contributed by atoms with E-state index >= 15 is 0 Å². The van der Waals surface area contributed by atoms with E-state index in [0.29, 0.717) is 11.6 Å². The largest absolute Gasteiger partial charge is 0.508 e. The number of halogens is 3. The van der Waals surface area contributed by atoms with Gasteiger partial charge >= 0.3 is 6.18 Å². The second-order valence-corrected chi connectivity index (χ2v) is 11.5. The minimum Gasteiger partial charge on any atom is -0.508 e. The van der Waals surface area contributed by atoms with Gasteiger partial charge in [-0.1, -0.05) is 12.1 Å². The number of amidine groups is 1. The Balaban J connectivity index is 1.45. The number of aromatic hydroxyl groups is 1. The molecule has 0 bridgehead atoms. The van der Waals surface area contributed by atoms with Crippen molar-refractivity contribution in [3.63, 3.8) is 0 Å². The van der Waals surface area contributed by atoms with Crippen molar-refractivity contribution < 1.29 is 36.3 Å². The van der Waals surface area contributed by atoms with Gasteiger partial charge in [0.05, 0.1) is 11.3 Å². The maximum atomic E-state index is 13.1. The number of hydrogen-bond donors (Lipinski definition) is 2. The number of sulfonamides is 1. The quantitative estimate of drug-likeness (QED) is 0.549. The smallest absolute Gasteiger partial charge is 0.416 e. The third kappa shape index (κ3) is 5.54. The number of ketones is 1. The van der Waals surface area contributed by atoms with Crippen LogP contribution in [0.2, 0.25) is 0 Å². The van der Waals surface area contributed by atoms with Crippen molar-refractivity contribution in [3.05, 3.63) is 64.2 Å². The fourth-order valence-electron chi connectivity index (χ4n) is 4.60. The molecule has 0 atom stereocenters. The summed E-state index contributed by atoms with van der Waals surface area (Å²) in [6.45, 7) is 3.34. The van der Waals surface area contributed by atoms with Crippen LogP contribution in [0.3, 0.4) is 0 Å². The monoisotopic (exact) mass is 537 g/mol. The first-order valence-corrected chi connectivity index (χ1v) is 13.2. The summed E-state index contributed by atoms with van der Waals surface area (Å²) < 4.78 is 66.7. The number of carbonyl (C=O) groups excluding carboxylic acids is 2. The molecule has 1 saturated heterocycles. The summed E-state index contributed by atoms with van der Waals surface area (Å²) in [4.78, 5) is 28.7. The van der Waals surface area contributed by atoms with Crippen molar-refractivity contribution in [2.75, 3.05) is 18.8 Å². The van der Waals surface area contributed by atoms with Gasteiger partial charge in [-0.3, -0.25) is 14.6 Å². The lowest BCUT2D eigenvalue weighted by molar-refractivity contribution is -0.137. The van der Waals surface area contributed by atoms with Crippen LogP contribution in [0.15, 0.2) is 41.4 Å². The number of piperidine rings is 1. The van der Waals surface area contributed by atoms with Gasteiger partial charge in [0.2, 0.25) is 10.0 Å². The zero-order valence-electron chi connectivity index (χ0n) is 20.2. The number of phenolic OH excluding ortho intramolecular Hbond substituents is 1. The highest BCUT2D eigenvalue weighted by Gasteiger charge is 2.47. The first kappa shape index (κ1) is 26.8. The summed E-state index contributed by atoms with van der Waals surface area (Å²) in [5, 5.41) is 12.2. The Morgan fingerprint density at radius 2 is 1.84 bits per heavy atom. The zero-order valence-corrected chi connectivity index (χ0v) is 21.0. The molecule has 0 aromatic heterocycles. The highest BCUT2D eigenvalue weighted by atomic mass is 32.2. The van der Waals surface area contributed by atoms with Crippen LogP contribution in [-0.2, 0) is 27.4 Å². The molecule has 2 heterocycles. The van der Waals surface area contributed by atoms with Gasteiger partial charge in [-0.05, 0) is 68.5 Å². The Hall–Kier alpha value is -3.25. The van der Waals surface area contributed by atoms with Crippen molar-refractivity contribution in [2.24, 2.45) is 4.99 Å². The number of aryl methyl sites for hydroxylation is 2. The number of nitrogens with zero attached hydrogens (tertiary/aromatic N) is 2. The van der Waals surface area contributed by atoms with Crippen LogP contribution in [0.1, 0.15) is 52.4 Å². The highest BCUT2D eigenvalue weighted by Crippen LogP contribution is 2.35. The van der Waals surface area contributed by atoms with Crippen LogP contribution in [0.4, 0.5) is 13.2 Å². The minimum atomic E-state index is -4.69. The van der Waals surface area contributed by atoms with E-state index in [9.17, 15) is 36.3 Å². The Bertz CT molecular complexity index is 1390. The van der Waals surface area contributed by atoms with E-state index in [0.717, 1.165) is 23.3 Å². The molecule has 1 fully saturated rings. The van der Waals surface area contributed by atoms with Crippen LogP contribution >= 0.6 is 0 Å². The maximum Gasteiger partial charge on any atom is 0.416 e. The summed E-state index contributed by atoms with van der Waals surface area (Å²) in [5.74, 6) is -1.44. The normalized spacial score (nSPS) is 18.1. The summed E-state index contributed by atoms with van der Waals surface area (Å²) in [6.07, 6.45) is -4.30. The van der Waals surface area contributed by atoms with Crippen molar-refractivity contribution in [1.82, 2.24) is 9.62 Å². The number of phenols is 1. The molecule has 2 N–H and O–H groups in total. The van der Waals surface area contributed by atoms with Gasteiger partial charge in [-0.15, -0.1) is 0 Å². The first-order chi connectivity index (χ1) is 17.2. The van der Waals surface area contributed by atoms with Crippen molar-refractivity contribution in [2.45, 2.75) is 44.8 Å². The van der Waals surface area contributed by atoms with Gasteiger partial charge < -0.3 is 10.4 Å². The van der Waals surface area contributed by atoms with Gasteiger partial charge in [0.15, 0.2) is 5.78 Å². The lowest BCUT2D eigenvalue weighted by Crippen LogP contribution is -2.50. The fraction of sp³-hybridized carbons (Fsp3) is 0.400. The molecular weight excluding hydrogens is 511 g/mol. The molecule has 0 unspecified atom stereocenters. The molecule has 37 heavy (non-hydrogen) atoms. The predicted molar refractivity (Wildman–Crippen MR) is 130 cm³/mol. The number of hydrogen-bond acceptors (Lipinski definition) is 6. The molecule has 2 aliphatic heterocycles. The van der Waals surface area contributed by atoms with Gasteiger partial charge in [-0.25, -0.2) is 12.7 Å². The molecule has 2 aromatic carbocycles. The Kier molecular flexibility index (Phi) is 6.93. The van der Waals surface area contributed by atoms with E-state index in [4.69, 9.17) is 0 Å². The molecule has 0 saturated carbocycles. The van der Waals surface area contributed by atoms with E-state index < -0.39 is 39.0 Å². The number of amides is 1. The average molecular weight is 538 g/mol. The second kappa shape index (κ2) is 9.56. The molecule has 1 spiro atoms. The van der Waals surface area contributed by atoms with E-state index in [1.165, 1.54) is 11.2 Å². The zero-order chi connectivity index (χ0) is 27.2. The lowest BCUT2D eigenvalue weighted by Gasteiger charge is -2.34. The van der Waals surface area contributed by atoms with Gasteiger partial charge in [0.1, 0.15) is 17.1 Å². The number of carbonyl (C=O) groups is 2.